The Labute approximate surface area is 308 Å². The monoisotopic (exact) mass is 722 g/mol. The molecule has 4 aliphatic rings. The maximum atomic E-state index is 14.8. The molecular formula is C40H58N4O8. The van der Waals surface area contributed by atoms with Crippen molar-refractivity contribution in [1.29, 1.82) is 0 Å². The molecule has 1 aromatic rings. The third-order valence-electron chi connectivity index (χ3n) is 11.5. The zero-order valence-electron chi connectivity index (χ0n) is 32.1. The van der Waals surface area contributed by atoms with Crippen molar-refractivity contribution in [2.45, 2.75) is 147 Å². The van der Waals surface area contributed by atoms with E-state index in [-0.39, 0.29) is 37.1 Å². The number of aryl methyl sites for hydroxylation is 2. The van der Waals surface area contributed by atoms with Crippen LogP contribution in [0.25, 0.3) is 0 Å². The van der Waals surface area contributed by atoms with E-state index >= 15 is 0 Å². The van der Waals surface area contributed by atoms with E-state index in [4.69, 9.17) is 14.3 Å². The quantitative estimate of drug-likeness (QED) is 0.229. The van der Waals surface area contributed by atoms with Crippen molar-refractivity contribution in [1.82, 2.24) is 15.5 Å². The molecule has 0 aromatic heterocycles. The van der Waals surface area contributed by atoms with Gasteiger partial charge in [0.15, 0.2) is 5.60 Å². The molecule has 4 atom stereocenters. The lowest BCUT2D eigenvalue weighted by molar-refractivity contribution is -0.149. The Morgan fingerprint density at radius 3 is 2.23 bits per heavy atom. The van der Waals surface area contributed by atoms with Crippen LogP contribution in [0.3, 0.4) is 0 Å². The number of ether oxygens (including phenoxy) is 2. The molecule has 1 aromatic carbocycles. The fourth-order valence-electron chi connectivity index (χ4n) is 8.12. The second kappa shape index (κ2) is 16.5. The Balaban J connectivity index is 1.42. The van der Waals surface area contributed by atoms with Crippen LogP contribution in [-0.2, 0) is 33.5 Å². The summed E-state index contributed by atoms with van der Waals surface area (Å²) < 4.78 is 11.3. The minimum absolute atomic E-state index is 0.0207. The molecule has 2 aliphatic heterocycles. The predicted octanol–water partition coefficient (Wildman–Crippen LogP) is 4.88. The van der Waals surface area contributed by atoms with Gasteiger partial charge in [-0.25, -0.2) is 0 Å². The molecule has 0 unspecified atom stereocenters. The molecule has 2 N–H and O–H groups in total. The number of amides is 3. The van der Waals surface area contributed by atoms with Gasteiger partial charge in [-0.3, -0.25) is 24.0 Å². The van der Waals surface area contributed by atoms with Gasteiger partial charge in [-0.15, -0.1) is 0 Å². The van der Waals surface area contributed by atoms with Crippen molar-refractivity contribution in [3.63, 3.8) is 0 Å². The number of nitrogens with zero attached hydrogens (tertiary/aromatic N) is 2. The number of likely N-dealkylation sites (tertiary alicyclic amines) is 1. The highest BCUT2D eigenvalue weighted by molar-refractivity contribution is 6.39. The van der Waals surface area contributed by atoms with Crippen LogP contribution < -0.4 is 15.4 Å². The average Bonchev–Trinajstić information content (AvgIpc) is 3.71. The third-order valence-corrected chi connectivity index (χ3v) is 11.5. The molecule has 12 nitrogen and oxygen atoms in total. The van der Waals surface area contributed by atoms with Crippen molar-refractivity contribution >= 4 is 35.0 Å². The van der Waals surface area contributed by atoms with Gasteiger partial charge in [0, 0.05) is 38.4 Å². The second-order valence-corrected chi connectivity index (χ2v) is 16.1. The molecule has 1 spiro atoms. The first-order chi connectivity index (χ1) is 24.7. The Kier molecular flexibility index (Phi) is 12.5. The predicted molar refractivity (Wildman–Crippen MR) is 196 cm³/mol. The number of rotatable bonds is 16. The fraction of sp³-hybridized carbons (Fsp3) is 0.700. The third kappa shape index (κ3) is 9.04. The summed E-state index contributed by atoms with van der Waals surface area (Å²) in [5.74, 6) is -1.07. The summed E-state index contributed by atoms with van der Waals surface area (Å²) in [6, 6.07) is 0.792. The maximum absolute atomic E-state index is 14.8. The molecule has 2 saturated carbocycles. The highest BCUT2D eigenvalue weighted by atomic mass is 16.7. The van der Waals surface area contributed by atoms with E-state index in [1.165, 1.54) is 18.4 Å². The number of nitrogens with one attached hydrogen (secondary N) is 2. The van der Waals surface area contributed by atoms with Crippen LogP contribution in [0.2, 0.25) is 0 Å². The molecule has 3 amide bonds. The van der Waals surface area contributed by atoms with Gasteiger partial charge < -0.3 is 29.8 Å². The standard InChI is InChI=1S/C40H58N4O8/c1-8-12-29(34(47)32(45)19-27-15-16-27)41-37(48)31-22-40(21-30(43-52-40)28-17-24(2)35(50-6)25(3)18-28)23-44(31)38(49)36(39(4,5)51-7)42-33(46)20-26-13-10-9-11-14-26/h17-18,26-27,29,31,36H,8-16,19-23H2,1-7H3,(H,41,48)(H,42,46)/t29-,31-,36+,40+/m0/s1. The lowest BCUT2D eigenvalue weighted by atomic mass is 9.86. The number of benzene rings is 1. The smallest absolute Gasteiger partial charge is 0.248 e. The molecule has 1 saturated heterocycles. The fourth-order valence-corrected chi connectivity index (χ4v) is 8.12. The van der Waals surface area contributed by atoms with Crippen LogP contribution in [0.1, 0.15) is 121 Å². The van der Waals surface area contributed by atoms with E-state index < -0.39 is 52.7 Å². The van der Waals surface area contributed by atoms with E-state index in [0.29, 0.717) is 31.4 Å². The Hall–Kier alpha value is -3.80. The van der Waals surface area contributed by atoms with Gasteiger partial charge in [-0.1, -0.05) is 37.8 Å². The summed E-state index contributed by atoms with van der Waals surface area (Å²) in [6.07, 6.45) is 8.96. The summed E-state index contributed by atoms with van der Waals surface area (Å²) in [5, 5.41) is 10.3. The van der Waals surface area contributed by atoms with Crippen molar-refractivity contribution in [3.05, 3.63) is 28.8 Å². The minimum atomic E-state index is -1.12. The lowest BCUT2D eigenvalue weighted by Crippen LogP contribution is -2.62. The summed E-state index contributed by atoms with van der Waals surface area (Å²) in [6.45, 7) is 9.30. The summed E-state index contributed by atoms with van der Waals surface area (Å²) in [4.78, 5) is 76.3. The molecule has 0 bridgehead atoms. The molecule has 52 heavy (non-hydrogen) atoms. The van der Waals surface area contributed by atoms with Crippen LogP contribution in [0, 0.1) is 25.7 Å². The number of carbonyl (C=O) groups excluding carboxylic acids is 5. The van der Waals surface area contributed by atoms with Crippen molar-refractivity contribution in [2.75, 3.05) is 20.8 Å². The van der Waals surface area contributed by atoms with Gasteiger partial charge in [0.2, 0.25) is 29.3 Å². The van der Waals surface area contributed by atoms with Crippen LogP contribution in [0.15, 0.2) is 17.3 Å². The first-order valence-electron chi connectivity index (χ1n) is 19.1. The largest absolute Gasteiger partial charge is 0.496 e. The maximum Gasteiger partial charge on any atom is 0.248 e. The van der Waals surface area contributed by atoms with E-state index in [0.717, 1.165) is 61.0 Å². The van der Waals surface area contributed by atoms with Gasteiger partial charge in [-0.2, -0.15) is 0 Å². The van der Waals surface area contributed by atoms with E-state index in [2.05, 4.69) is 15.8 Å². The van der Waals surface area contributed by atoms with Crippen LogP contribution in [0.4, 0.5) is 0 Å². The van der Waals surface area contributed by atoms with Crippen molar-refractivity contribution in [2.24, 2.45) is 17.0 Å². The molecule has 286 valence electrons. The Bertz CT molecular complexity index is 1540. The first kappa shape index (κ1) is 39.4. The zero-order valence-corrected chi connectivity index (χ0v) is 32.1. The highest BCUT2D eigenvalue weighted by Crippen LogP contribution is 2.41. The molecule has 2 heterocycles. The number of carbonyl (C=O) groups is 5. The number of hydrogen-bond donors (Lipinski definition) is 2. The first-order valence-corrected chi connectivity index (χ1v) is 19.1. The SMILES string of the molecule is CCC[C@H](NC(=O)[C@@H]1C[C@]2(CC(c3cc(C)c(OC)c(C)c3)=NO2)CN1C(=O)[C@@H](NC(=O)CC1CCCCC1)C(C)(C)OC)C(=O)C(=O)CC1CC1. The van der Waals surface area contributed by atoms with Gasteiger partial charge in [0.05, 0.1) is 31.0 Å². The second-order valence-electron chi connectivity index (χ2n) is 16.1. The Morgan fingerprint density at radius 1 is 0.981 bits per heavy atom. The molecule has 0 radical (unpaired) electrons. The number of oxime groups is 1. The van der Waals surface area contributed by atoms with Gasteiger partial charge in [0.25, 0.3) is 0 Å². The molecule has 2 aliphatic carbocycles. The van der Waals surface area contributed by atoms with Crippen LogP contribution >= 0.6 is 0 Å². The summed E-state index contributed by atoms with van der Waals surface area (Å²) in [5.41, 5.74) is 1.27. The zero-order chi connectivity index (χ0) is 37.8. The van der Waals surface area contributed by atoms with E-state index in [9.17, 15) is 24.0 Å². The molecule has 12 heteroatoms. The minimum Gasteiger partial charge on any atom is -0.496 e. The van der Waals surface area contributed by atoms with Crippen molar-refractivity contribution < 1.29 is 38.3 Å². The number of Topliss-reactive ketones (excluding diaryl/α,β-unsaturated/α-hetero) is 2. The van der Waals surface area contributed by atoms with Crippen molar-refractivity contribution in [3.8, 4) is 5.75 Å². The van der Waals surface area contributed by atoms with Gasteiger partial charge in [0.1, 0.15) is 17.8 Å². The molecule has 3 fully saturated rings. The number of hydrogen-bond acceptors (Lipinski definition) is 9. The molecule has 5 rings (SSSR count). The van der Waals surface area contributed by atoms with Gasteiger partial charge in [-0.05, 0) is 94.9 Å². The van der Waals surface area contributed by atoms with Crippen LogP contribution in [0.5, 0.6) is 5.75 Å². The van der Waals surface area contributed by atoms with Gasteiger partial charge >= 0.3 is 0 Å². The van der Waals surface area contributed by atoms with E-state index in [1.54, 1.807) is 21.0 Å². The summed E-state index contributed by atoms with van der Waals surface area (Å²) in [7, 11) is 3.12. The lowest BCUT2D eigenvalue weighted by Gasteiger charge is -2.37. The van der Waals surface area contributed by atoms with Crippen LogP contribution in [-0.4, -0.2) is 90.0 Å². The Morgan fingerprint density at radius 2 is 1.63 bits per heavy atom. The highest BCUT2D eigenvalue weighted by Gasteiger charge is 2.56. The topological polar surface area (TPSA) is 153 Å². The number of methoxy groups -OCH3 is 2. The van der Waals surface area contributed by atoms with E-state index in [1.807, 2.05) is 32.9 Å². The average molecular weight is 723 g/mol. The number of ketones is 2. The summed E-state index contributed by atoms with van der Waals surface area (Å²) >= 11 is 0. The normalized spacial score (nSPS) is 23.1. The molecular weight excluding hydrogens is 664 g/mol.